The predicted molar refractivity (Wildman–Crippen MR) is 118 cm³/mol. The highest BCUT2D eigenvalue weighted by Gasteiger charge is 2.21. The molecule has 0 atom stereocenters. The van der Waals surface area contributed by atoms with Gasteiger partial charge in [0.05, 0.1) is 21.3 Å². The van der Waals surface area contributed by atoms with Gasteiger partial charge in [0.2, 0.25) is 9.84 Å². The van der Waals surface area contributed by atoms with E-state index >= 15 is 0 Å². The van der Waals surface area contributed by atoms with E-state index in [0.717, 1.165) is 0 Å². The topological polar surface area (TPSA) is 143 Å². The molecule has 0 saturated heterocycles. The fraction of sp³-hybridized carbons (Fsp3) is 0.333. The first-order valence-corrected chi connectivity index (χ1v) is 14.4. The van der Waals surface area contributed by atoms with Crippen molar-refractivity contribution in [2.75, 3.05) is 11.5 Å². The van der Waals surface area contributed by atoms with Crippen LogP contribution in [0, 0.1) is 0 Å². The van der Waals surface area contributed by atoms with E-state index in [1.54, 1.807) is 0 Å². The van der Waals surface area contributed by atoms with Gasteiger partial charge in [0.25, 0.3) is 20.2 Å². The Hall–Kier alpha value is -1.21. The molecule has 13 heteroatoms. The molecular weight excluding hydrogens is 511 g/mol. The van der Waals surface area contributed by atoms with Gasteiger partial charge in [-0.15, -0.1) is 0 Å². The van der Waals surface area contributed by atoms with Crippen molar-refractivity contribution in [3.8, 4) is 0 Å². The second-order valence-corrected chi connectivity index (χ2v) is 12.7. The molecule has 0 amide bonds. The van der Waals surface area contributed by atoms with Crippen molar-refractivity contribution in [3.05, 3.63) is 57.6 Å². The second-order valence-electron chi connectivity index (χ2n) is 6.79. The zero-order chi connectivity index (χ0) is 23.4. The largest absolute Gasteiger partial charge is 0.286 e. The van der Waals surface area contributed by atoms with Crippen LogP contribution in [0.3, 0.4) is 0 Å². The van der Waals surface area contributed by atoms with Crippen molar-refractivity contribution in [2.45, 2.75) is 35.5 Å². The van der Waals surface area contributed by atoms with Gasteiger partial charge in [-0.3, -0.25) is 9.11 Å². The molecule has 172 valence electrons. The van der Waals surface area contributed by atoms with Crippen LogP contribution in [0.25, 0.3) is 0 Å². The molecule has 0 radical (unpaired) electrons. The lowest BCUT2D eigenvalue weighted by molar-refractivity contribution is 0.479. The van der Waals surface area contributed by atoms with Crippen LogP contribution in [0.1, 0.15) is 24.0 Å². The predicted octanol–water partition coefficient (Wildman–Crippen LogP) is 3.47. The fourth-order valence-corrected chi connectivity index (χ4v) is 5.65. The monoisotopic (exact) mass is 530 g/mol. The number of rotatable bonds is 10. The number of sulfone groups is 1. The van der Waals surface area contributed by atoms with E-state index in [4.69, 9.17) is 32.3 Å². The maximum absolute atomic E-state index is 13.1. The Labute approximate surface area is 191 Å². The molecule has 31 heavy (non-hydrogen) atoms. The van der Waals surface area contributed by atoms with E-state index < -0.39 is 41.6 Å². The summed E-state index contributed by atoms with van der Waals surface area (Å²) in [5.74, 6) is -0.963. The third-order valence-corrected chi connectivity index (χ3v) is 8.45. The summed E-state index contributed by atoms with van der Waals surface area (Å²) in [7, 11) is -12.3. The Balaban J connectivity index is 2.30. The van der Waals surface area contributed by atoms with Gasteiger partial charge < -0.3 is 0 Å². The molecule has 0 unspecified atom stereocenters. The van der Waals surface area contributed by atoms with Crippen molar-refractivity contribution >= 4 is 53.3 Å². The van der Waals surface area contributed by atoms with Crippen molar-refractivity contribution in [1.29, 1.82) is 0 Å². The minimum Gasteiger partial charge on any atom is -0.286 e. The summed E-state index contributed by atoms with van der Waals surface area (Å²) in [6, 6.07) is 8.09. The summed E-state index contributed by atoms with van der Waals surface area (Å²) in [5, 5.41) is 0.521. The van der Waals surface area contributed by atoms with Gasteiger partial charge >= 0.3 is 0 Å². The summed E-state index contributed by atoms with van der Waals surface area (Å²) >= 11 is 12.2. The van der Waals surface area contributed by atoms with Crippen LogP contribution in [-0.4, -0.2) is 45.9 Å². The van der Waals surface area contributed by atoms with Gasteiger partial charge in [0, 0.05) is 10.0 Å². The lowest BCUT2D eigenvalue weighted by atomic mass is 10.1. The average Bonchev–Trinajstić information content (AvgIpc) is 2.62. The first kappa shape index (κ1) is 26.0. The van der Waals surface area contributed by atoms with E-state index in [0.29, 0.717) is 11.1 Å². The standard InChI is InChI=1S/C18H20Cl2O8S3/c19-17-7-5-15(11-13(17)3-1-9-29(21,22)23)31(27,28)16-6-8-18(20)14(12-16)4-2-10-30(24,25)26/h5-8,11-12H,1-4,9-10H2,(H,21,22,23)(H,24,25,26). The number of hydrogen-bond acceptors (Lipinski definition) is 6. The highest BCUT2D eigenvalue weighted by atomic mass is 35.5. The molecular formula is C18H20Cl2O8S3. The van der Waals surface area contributed by atoms with E-state index in [1.165, 1.54) is 36.4 Å². The van der Waals surface area contributed by atoms with Crippen LogP contribution in [0.2, 0.25) is 10.0 Å². The molecule has 2 rings (SSSR count). The lowest BCUT2D eigenvalue weighted by Gasteiger charge is -2.11. The molecule has 2 aromatic carbocycles. The van der Waals surface area contributed by atoms with Crippen LogP contribution in [0.15, 0.2) is 46.2 Å². The van der Waals surface area contributed by atoms with Gasteiger partial charge in [-0.2, -0.15) is 16.8 Å². The van der Waals surface area contributed by atoms with E-state index in [1.807, 2.05) is 0 Å². The van der Waals surface area contributed by atoms with Crippen molar-refractivity contribution in [1.82, 2.24) is 0 Å². The Morgan fingerprint density at radius 3 is 1.32 bits per heavy atom. The van der Waals surface area contributed by atoms with Crippen LogP contribution in [0.5, 0.6) is 0 Å². The lowest BCUT2D eigenvalue weighted by Crippen LogP contribution is -2.07. The summed E-state index contributed by atoms with van der Waals surface area (Å²) in [6.07, 6.45) is 0.398. The maximum Gasteiger partial charge on any atom is 0.264 e. The molecule has 0 heterocycles. The van der Waals surface area contributed by atoms with Crippen molar-refractivity contribution < 1.29 is 34.4 Å². The highest BCUT2D eigenvalue weighted by Crippen LogP contribution is 2.29. The number of halogens is 2. The molecule has 0 aliphatic heterocycles. The Kier molecular flexibility index (Phi) is 8.53. The van der Waals surface area contributed by atoms with Crippen molar-refractivity contribution in [3.63, 3.8) is 0 Å². The summed E-state index contributed by atoms with van der Waals surface area (Å²) < 4.78 is 87.3. The smallest absolute Gasteiger partial charge is 0.264 e. The van der Waals surface area contributed by atoms with Crippen LogP contribution >= 0.6 is 23.2 Å². The fourth-order valence-electron chi connectivity index (χ4n) is 2.85. The third-order valence-electron chi connectivity index (χ3n) is 4.35. The number of hydrogen-bond donors (Lipinski definition) is 2. The summed E-state index contributed by atoms with van der Waals surface area (Å²) in [4.78, 5) is -0.130. The van der Waals surface area contributed by atoms with Gasteiger partial charge in [-0.25, -0.2) is 8.42 Å². The maximum atomic E-state index is 13.1. The molecule has 0 aliphatic rings. The van der Waals surface area contributed by atoms with Crippen molar-refractivity contribution in [2.24, 2.45) is 0 Å². The number of aryl methyl sites for hydroxylation is 2. The second kappa shape index (κ2) is 10.2. The van der Waals surface area contributed by atoms with Crippen LogP contribution < -0.4 is 0 Å². The van der Waals surface area contributed by atoms with E-state index in [9.17, 15) is 25.3 Å². The quantitative estimate of drug-likeness (QED) is 0.444. The van der Waals surface area contributed by atoms with E-state index in [2.05, 4.69) is 0 Å². The molecule has 2 N–H and O–H groups in total. The third kappa shape index (κ3) is 8.01. The SMILES string of the molecule is O=S(=O)(O)CCCc1cc(S(=O)(=O)c2ccc(Cl)c(CCCS(=O)(=O)O)c2)ccc1Cl. The number of benzene rings is 2. The van der Waals surface area contributed by atoms with Crippen LogP contribution in [-0.2, 0) is 42.9 Å². The molecule has 2 aromatic rings. The van der Waals surface area contributed by atoms with Gasteiger partial charge in [0.1, 0.15) is 0 Å². The molecule has 0 aromatic heterocycles. The molecule has 8 nitrogen and oxygen atoms in total. The summed E-state index contributed by atoms with van der Waals surface area (Å²) in [6.45, 7) is 0. The molecule has 0 bridgehead atoms. The molecule has 0 aliphatic carbocycles. The Morgan fingerprint density at radius 1 is 0.645 bits per heavy atom. The highest BCUT2D eigenvalue weighted by molar-refractivity contribution is 7.91. The zero-order valence-electron chi connectivity index (χ0n) is 16.0. The molecule has 0 spiro atoms. The first-order chi connectivity index (χ1) is 14.2. The molecule has 0 saturated carbocycles. The van der Waals surface area contributed by atoms with Gasteiger partial charge in [0.15, 0.2) is 0 Å². The van der Waals surface area contributed by atoms with Gasteiger partial charge in [-0.05, 0) is 73.2 Å². The molecule has 0 fully saturated rings. The average molecular weight is 531 g/mol. The normalized spacial score (nSPS) is 12.8. The minimum absolute atomic E-state index is 0.0565. The van der Waals surface area contributed by atoms with Crippen LogP contribution in [0.4, 0.5) is 0 Å². The van der Waals surface area contributed by atoms with E-state index in [-0.39, 0.29) is 45.5 Å². The Morgan fingerprint density at radius 2 is 1.00 bits per heavy atom. The minimum atomic E-state index is -4.14. The summed E-state index contributed by atoms with van der Waals surface area (Å²) in [5.41, 5.74) is 0.822. The zero-order valence-corrected chi connectivity index (χ0v) is 20.0. The Bertz CT molecular complexity index is 1180. The van der Waals surface area contributed by atoms with Gasteiger partial charge in [-0.1, -0.05) is 23.2 Å². The first-order valence-electron chi connectivity index (χ1n) is 8.91.